The lowest BCUT2D eigenvalue weighted by Gasteiger charge is -2.26. The molecule has 0 bridgehead atoms. The molecule has 1 aromatic heterocycles. The van der Waals surface area contributed by atoms with Crippen molar-refractivity contribution < 1.29 is 18.2 Å². The number of furan rings is 1. The lowest BCUT2D eigenvalue weighted by molar-refractivity contribution is -0.118. The van der Waals surface area contributed by atoms with Crippen LogP contribution < -0.4 is 10.1 Å². The average molecular weight is 419 g/mol. The summed E-state index contributed by atoms with van der Waals surface area (Å²) in [6.45, 7) is 4.37. The van der Waals surface area contributed by atoms with Crippen LogP contribution in [0.25, 0.3) is 0 Å². The van der Waals surface area contributed by atoms with Gasteiger partial charge in [0, 0.05) is 29.5 Å². The van der Waals surface area contributed by atoms with Crippen LogP contribution >= 0.6 is 0 Å². The number of hydrogen-bond donors (Lipinski definition) is 1. The van der Waals surface area contributed by atoms with Gasteiger partial charge in [0.25, 0.3) is 0 Å². The fraction of sp³-hybridized carbons (Fsp3) is 0.500. The third kappa shape index (κ3) is 8.03. The SMILES string of the molecule is O=C(CS(=O)Cc1ccoc1)NCCCOc1cccc(CN2CCCCC2)c1. The van der Waals surface area contributed by atoms with Crippen LogP contribution in [0.15, 0.2) is 47.3 Å². The maximum atomic E-state index is 11.9. The zero-order valence-electron chi connectivity index (χ0n) is 16.8. The van der Waals surface area contributed by atoms with Gasteiger partial charge in [0.1, 0.15) is 11.5 Å². The molecule has 0 spiro atoms. The summed E-state index contributed by atoms with van der Waals surface area (Å²) in [6.07, 6.45) is 7.72. The molecule has 2 heterocycles. The Bertz CT molecular complexity index is 773. The molecule has 0 saturated carbocycles. The van der Waals surface area contributed by atoms with Gasteiger partial charge in [0.15, 0.2) is 0 Å². The van der Waals surface area contributed by atoms with Gasteiger partial charge in [-0.25, -0.2) is 0 Å². The van der Waals surface area contributed by atoms with Crippen molar-refractivity contribution in [3.05, 3.63) is 54.0 Å². The van der Waals surface area contributed by atoms with Gasteiger partial charge in [-0.2, -0.15) is 0 Å². The van der Waals surface area contributed by atoms with Gasteiger partial charge in [0.05, 0.1) is 24.9 Å². The summed E-state index contributed by atoms with van der Waals surface area (Å²) in [5.74, 6) is 1.01. The molecule has 29 heavy (non-hydrogen) atoms. The molecule has 1 fully saturated rings. The monoisotopic (exact) mass is 418 g/mol. The van der Waals surface area contributed by atoms with Crippen LogP contribution in [-0.4, -0.2) is 47.0 Å². The summed E-state index contributed by atoms with van der Waals surface area (Å²) in [5.41, 5.74) is 2.12. The lowest BCUT2D eigenvalue weighted by atomic mass is 10.1. The number of nitrogens with one attached hydrogen (secondary N) is 1. The first-order valence-corrected chi connectivity index (χ1v) is 11.7. The fourth-order valence-electron chi connectivity index (χ4n) is 3.41. The average Bonchev–Trinajstić information content (AvgIpc) is 3.21. The van der Waals surface area contributed by atoms with E-state index in [0.29, 0.717) is 25.3 Å². The zero-order chi connectivity index (χ0) is 20.3. The minimum Gasteiger partial charge on any atom is -0.494 e. The Morgan fingerprint density at radius 1 is 1.17 bits per heavy atom. The smallest absolute Gasteiger partial charge is 0.232 e. The number of carbonyl (C=O) groups is 1. The number of carbonyl (C=O) groups excluding carboxylic acids is 1. The van der Waals surface area contributed by atoms with Gasteiger partial charge < -0.3 is 14.5 Å². The van der Waals surface area contributed by atoms with Crippen LogP contribution in [0, 0.1) is 0 Å². The highest BCUT2D eigenvalue weighted by molar-refractivity contribution is 7.84. The Morgan fingerprint density at radius 3 is 2.83 bits per heavy atom. The van der Waals surface area contributed by atoms with E-state index in [9.17, 15) is 9.00 Å². The second kappa shape index (κ2) is 11.8. The molecule has 6 nitrogen and oxygen atoms in total. The van der Waals surface area contributed by atoms with Crippen molar-refractivity contribution in [1.82, 2.24) is 10.2 Å². The first kappa shape index (κ1) is 21.6. The first-order chi connectivity index (χ1) is 14.2. The molecule has 3 rings (SSSR count). The second-order valence-corrected chi connectivity index (χ2v) is 8.85. The Kier molecular flexibility index (Phi) is 8.77. The third-order valence-corrected chi connectivity index (χ3v) is 6.10. The van der Waals surface area contributed by atoms with Gasteiger partial charge >= 0.3 is 0 Å². The first-order valence-electron chi connectivity index (χ1n) is 10.3. The fourth-order valence-corrected chi connectivity index (χ4v) is 4.44. The molecule has 1 aliphatic rings. The second-order valence-electron chi connectivity index (χ2n) is 7.40. The van der Waals surface area contributed by atoms with Crippen molar-refractivity contribution in [1.29, 1.82) is 0 Å². The van der Waals surface area contributed by atoms with E-state index in [-0.39, 0.29) is 11.7 Å². The highest BCUT2D eigenvalue weighted by atomic mass is 32.2. The number of ether oxygens (including phenoxy) is 1. The Labute approximate surface area is 175 Å². The molecule has 1 N–H and O–H groups in total. The number of nitrogens with zero attached hydrogens (tertiary/aromatic N) is 1. The summed E-state index contributed by atoms with van der Waals surface area (Å²) < 4.78 is 22.7. The lowest BCUT2D eigenvalue weighted by Crippen LogP contribution is -2.30. The van der Waals surface area contributed by atoms with Crippen molar-refractivity contribution >= 4 is 16.7 Å². The highest BCUT2D eigenvalue weighted by Gasteiger charge is 2.11. The predicted molar refractivity (Wildman–Crippen MR) is 114 cm³/mol. The van der Waals surface area contributed by atoms with Crippen molar-refractivity contribution in [2.45, 2.75) is 38.0 Å². The topological polar surface area (TPSA) is 71.8 Å². The van der Waals surface area contributed by atoms with Crippen molar-refractivity contribution in [2.75, 3.05) is 32.0 Å². The number of piperidine rings is 1. The molecular formula is C22H30N2O4S. The molecule has 2 aromatic rings. The minimum absolute atomic E-state index is 0.00455. The number of benzene rings is 1. The maximum Gasteiger partial charge on any atom is 0.232 e. The molecule has 1 saturated heterocycles. The van der Waals surface area contributed by atoms with Gasteiger partial charge in [-0.1, -0.05) is 18.6 Å². The molecule has 1 atom stereocenters. The van der Waals surface area contributed by atoms with Gasteiger partial charge in [0.2, 0.25) is 5.91 Å². The zero-order valence-corrected chi connectivity index (χ0v) is 17.6. The van der Waals surface area contributed by atoms with E-state index >= 15 is 0 Å². The normalized spacial score (nSPS) is 15.7. The Hall–Kier alpha value is -2.12. The summed E-state index contributed by atoms with van der Waals surface area (Å²) in [4.78, 5) is 14.4. The molecular weight excluding hydrogens is 388 g/mol. The van der Waals surface area contributed by atoms with Crippen LogP contribution in [0.3, 0.4) is 0 Å². The summed E-state index contributed by atoms with van der Waals surface area (Å²) >= 11 is 0. The van der Waals surface area contributed by atoms with E-state index < -0.39 is 10.8 Å². The molecule has 0 aliphatic carbocycles. The molecule has 1 aliphatic heterocycles. The van der Waals surface area contributed by atoms with Gasteiger partial charge in [-0.05, 0) is 56.1 Å². The van der Waals surface area contributed by atoms with Crippen LogP contribution in [0.2, 0.25) is 0 Å². The highest BCUT2D eigenvalue weighted by Crippen LogP contribution is 2.17. The van der Waals surface area contributed by atoms with Crippen molar-refractivity contribution in [3.8, 4) is 5.75 Å². The van der Waals surface area contributed by atoms with E-state index in [0.717, 1.165) is 17.9 Å². The van der Waals surface area contributed by atoms with E-state index in [1.54, 1.807) is 12.3 Å². The van der Waals surface area contributed by atoms with E-state index in [2.05, 4.69) is 22.3 Å². The van der Waals surface area contributed by atoms with Crippen LogP contribution in [0.1, 0.15) is 36.8 Å². The van der Waals surface area contributed by atoms with E-state index in [1.165, 1.54) is 44.2 Å². The molecule has 1 aromatic carbocycles. The molecule has 0 radical (unpaired) electrons. The Balaban J connectivity index is 1.29. The van der Waals surface area contributed by atoms with Crippen LogP contribution in [0.5, 0.6) is 5.75 Å². The number of amides is 1. The summed E-state index contributed by atoms with van der Waals surface area (Å²) in [5, 5.41) is 2.80. The van der Waals surface area contributed by atoms with Crippen molar-refractivity contribution in [3.63, 3.8) is 0 Å². The largest absolute Gasteiger partial charge is 0.494 e. The predicted octanol–water partition coefficient (Wildman–Crippen LogP) is 3.10. The van der Waals surface area contributed by atoms with Crippen molar-refractivity contribution in [2.24, 2.45) is 0 Å². The maximum absolute atomic E-state index is 11.9. The number of hydrogen-bond acceptors (Lipinski definition) is 5. The minimum atomic E-state index is -1.23. The quantitative estimate of drug-likeness (QED) is 0.568. The molecule has 158 valence electrons. The summed E-state index contributed by atoms with van der Waals surface area (Å²) in [7, 11) is -1.23. The summed E-state index contributed by atoms with van der Waals surface area (Å²) in [6, 6.07) is 10.0. The standard InChI is InChI=1S/C22H30N2O4S/c25-22(18-29(26)17-20-8-13-27-16-20)23-9-5-12-28-21-7-4-6-19(14-21)15-24-10-2-1-3-11-24/h4,6-8,13-14,16H,1-3,5,9-12,15,17-18H2,(H,23,25). The molecule has 1 amide bonds. The third-order valence-electron chi connectivity index (χ3n) is 4.87. The van der Waals surface area contributed by atoms with Gasteiger partial charge in [-0.15, -0.1) is 0 Å². The van der Waals surface area contributed by atoms with Crippen LogP contribution in [0.4, 0.5) is 0 Å². The van der Waals surface area contributed by atoms with Gasteiger partial charge in [-0.3, -0.25) is 13.9 Å². The number of likely N-dealkylation sites (tertiary alicyclic amines) is 1. The molecule has 7 heteroatoms. The van der Waals surface area contributed by atoms with E-state index in [4.69, 9.17) is 9.15 Å². The number of rotatable bonds is 11. The molecule has 1 unspecified atom stereocenters. The Morgan fingerprint density at radius 2 is 2.03 bits per heavy atom. The van der Waals surface area contributed by atoms with E-state index in [1.807, 2.05) is 12.1 Å². The van der Waals surface area contributed by atoms with Crippen LogP contribution in [-0.2, 0) is 27.9 Å².